The molecule has 9 nitrogen and oxygen atoms in total. The summed E-state index contributed by atoms with van der Waals surface area (Å²) in [7, 11) is 1.56. The van der Waals surface area contributed by atoms with Crippen LogP contribution in [-0.2, 0) is 12.7 Å². The summed E-state index contributed by atoms with van der Waals surface area (Å²) in [6.07, 6.45) is -3.93. The predicted molar refractivity (Wildman–Crippen MR) is 153 cm³/mol. The van der Waals surface area contributed by atoms with E-state index >= 15 is 4.39 Å². The van der Waals surface area contributed by atoms with Gasteiger partial charge in [-0.15, -0.1) is 0 Å². The number of amides is 2. The van der Waals surface area contributed by atoms with Crippen molar-refractivity contribution in [1.29, 1.82) is 0 Å². The van der Waals surface area contributed by atoms with E-state index in [2.05, 4.69) is 21.0 Å². The molecule has 1 saturated carbocycles. The number of carbonyl (C=O) groups is 2. The van der Waals surface area contributed by atoms with Crippen LogP contribution in [0.1, 0.15) is 51.8 Å². The van der Waals surface area contributed by atoms with Gasteiger partial charge in [0, 0.05) is 12.6 Å². The molecular formula is C31H29F4N5O4. The number of nitrogens with zero attached hydrogens (tertiary/aromatic N) is 2. The number of anilines is 1. The minimum Gasteiger partial charge on any atom is -0.497 e. The largest absolute Gasteiger partial charge is 0.497 e. The van der Waals surface area contributed by atoms with Gasteiger partial charge in [-0.2, -0.15) is 18.3 Å². The second-order valence-electron chi connectivity index (χ2n) is 10.4. The van der Waals surface area contributed by atoms with Gasteiger partial charge in [0.25, 0.3) is 5.91 Å². The van der Waals surface area contributed by atoms with Gasteiger partial charge < -0.3 is 25.8 Å². The molecule has 1 fully saturated rings. The fourth-order valence-electron chi connectivity index (χ4n) is 4.69. The molecular weight excluding hydrogens is 582 g/mol. The van der Waals surface area contributed by atoms with Crippen molar-refractivity contribution in [3.05, 3.63) is 107 Å². The van der Waals surface area contributed by atoms with Gasteiger partial charge in [0.05, 0.1) is 24.5 Å². The first-order chi connectivity index (χ1) is 21.0. The van der Waals surface area contributed by atoms with E-state index in [0.29, 0.717) is 28.9 Å². The molecule has 3 aromatic carbocycles. The summed E-state index contributed by atoms with van der Waals surface area (Å²) in [5.74, 6) is -0.594. The zero-order valence-electron chi connectivity index (χ0n) is 23.5. The molecule has 13 heteroatoms. The summed E-state index contributed by atoms with van der Waals surface area (Å²) in [6, 6.07) is 17.7. The highest BCUT2D eigenvalue weighted by Crippen LogP contribution is 2.33. The lowest BCUT2D eigenvalue weighted by molar-refractivity contribution is -0.141. The summed E-state index contributed by atoms with van der Waals surface area (Å²) >= 11 is 0. The first kappa shape index (κ1) is 30.5. The Morgan fingerprint density at radius 3 is 2.43 bits per heavy atom. The molecule has 4 N–H and O–H groups in total. The van der Waals surface area contributed by atoms with Gasteiger partial charge in [-0.1, -0.05) is 30.3 Å². The van der Waals surface area contributed by atoms with Crippen molar-refractivity contribution in [1.82, 2.24) is 20.4 Å². The minimum atomic E-state index is -4.87. The zero-order valence-corrected chi connectivity index (χ0v) is 23.5. The van der Waals surface area contributed by atoms with Crippen LogP contribution in [0.4, 0.5) is 28.0 Å². The second kappa shape index (κ2) is 12.8. The fraction of sp³-hybridized carbons (Fsp3) is 0.258. The number of carbonyl (C=O) groups excluding carboxylic acids is 1. The van der Waals surface area contributed by atoms with E-state index in [1.165, 1.54) is 30.3 Å². The molecule has 44 heavy (non-hydrogen) atoms. The van der Waals surface area contributed by atoms with Crippen molar-refractivity contribution in [3.63, 3.8) is 0 Å². The summed E-state index contributed by atoms with van der Waals surface area (Å²) < 4.78 is 62.1. The summed E-state index contributed by atoms with van der Waals surface area (Å²) in [5.41, 5.74) is -0.0364. The van der Waals surface area contributed by atoms with E-state index in [-0.39, 0.29) is 24.0 Å². The van der Waals surface area contributed by atoms with Crippen LogP contribution in [-0.4, -0.2) is 40.5 Å². The molecule has 1 aromatic heterocycles. The third kappa shape index (κ3) is 7.35. The van der Waals surface area contributed by atoms with E-state index in [0.717, 1.165) is 29.6 Å². The quantitative estimate of drug-likeness (QED) is 0.151. The molecule has 5 rings (SSSR count). The van der Waals surface area contributed by atoms with Crippen LogP contribution in [0.15, 0.2) is 72.8 Å². The lowest BCUT2D eigenvalue weighted by Gasteiger charge is -2.21. The smallest absolute Gasteiger partial charge is 0.435 e. The van der Waals surface area contributed by atoms with Crippen molar-refractivity contribution in [3.8, 4) is 11.4 Å². The Balaban J connectivity index is 1.46. The van der Waals surface area contributed by atoms with E-state index in [1.807, 2.05) is 12.1 Å². The number of carboxylic acid groups (broad SMARTS) is 1. The van der Waals surface area contributed by atoms with Crippen molar-refractivity contribution >= 4 is 17.7 Å². The Morgan fingerprint density at radius 2 is 1.77 bits per heavy atom. The molecule has 1 aliphatic carbocycles. The van der Waals surface area contributed by atoms with Crippen molar-refractivity contribution < 1.29 is 37.0 Å². The first-order valence-electron chi connectivity index (χ1n) is 13.7. The van der Waals surface area contributed by atoms with E-state index < -0.39 is 35.4 Å². The molecule has 0 spiro atoms. The fourth-order valence-corrected chi connectivity index (χ4v) is 4.69. The highest BCUT2D eigenvalue weighted by Gasteiger charge is 2.36. The van der Waals surface area contributed by atoms with Gasteiger partial charge in [-0.3, -0.25) is 4.79 Å². The first-order valence-corrected chi connectivity index (χ1v) is 13.7. The number of benzene rings is 3. The average molecular weight is 612 g/mol. The monoisotopic (exact) mass is 611 g/mol. The molecule has 0 saturated heterocycles. The topological polar surface area (TPSA) is 118 Å². The molecule has 4 aromatic rings. The van der Waals surface area contributed by atoms with Crippen LogP contribution in [0.5, 0.6) is 5.75 Å². The van der Waals surface area contributed by atoms with Crippen molar-refractivity contribution in [2.45, 2.75) is 31.6 Å². The number of rotatable bonds is 11. The summed E-state index contributed by atoms with van der Waals surface area (Å²) in [6.45, 7) is 0.608. The second-order valence-corrected chi connectivity index (χ2v) is 10.4. The Kier molecular flexibility index (Phi) is 8.86. The number of ether oxygens (including phenoxy) is 1. The van der Waals surface area contributed by atoms with Gasteiger partial charge in [0.2, 0.25) is 0 Å². The molecule has 0 radical (unpaired) electrons. The third-order valence-corrected chi connectivity index (χ3v) is 7.16. The van der Waals surface area contributed by atoms with Gasteiger partial charge in [-0.05, 0) is 78.4 Å². The predicted octanol–water partition coefficient (Wildman–Crippen LogP) is 6.15. The zero-order chi connectivity index (χ0) is 31.4. The SMILES string of the molecule is COc1ccc(C(NCC2CC2)c2ccc(F)c(NC(=O)c3cc(C(F)(F)F)nn3-c3cccc(CNC(=O)O)c3)c2)cc1. The Labute approximate surface area is 249 Å². The third-order valence-electron chi connectivity index (χ3n) is 7.16. The Morgan fingerprint density at radius 1 is 1.05 bits per heavy atom. The summed E-state index contributed by atoms with van der Waals surface area (Å²) in [4.78, 5) is 24.3. The highest BCUT2D eigenvalue weighted by molar-refractivity contribution is 6.03. The van der Waals surface area contributed by atoms with Crippen molar-refractivity contribution in [2.75, 3.05) is 19.0 Å². The lowest BCUT2D eigenvalue weighted by atomic mass is 9.97. The number of alkyl halides is 3. The maximum Gasteiger partial charge on any atom is 0.435 e. The molecule has 1 atom stereocenters. The van der Waals surface area contributed by atoms with E-state index in [4.69, 9.17) is 9.84 Å². The molecule has 2 amide bonds. The molecule has 0 bridgehead atoms. The number of halogens is 4. The van der Waals surface area contributed by atoms with Crippen LogP contribution in [0.2, 0.25) is 0 Å². The molecule has 1 aliphatic rings. The number of nitrogens with one attached hydrogen (secondary N) is 3. The highest BCUT2D eigenvalue weighted by atomic mass is 19.4. The summed E-state index contributed by atoms with van der Waals surface area (Å²) in [5, 5.41) is 20.6. The van der Waals surface area contributed by atoms with Gasteiger partial charge in [0.1, 0.15) is 17.3 Å². The normalized spacial score (nSPS) is 13.8. The number of aromatic nitrogens is 2. The van der Waals surface area contributed by atoms with Gasteiger partial charge >= 0.3 is 12.3 Å². The standard InChI is InChI=1S/C31H29F4N5O4/c1-44-23-10-7-20(8-11-23)28(36-16-18-5-6-18)21-9-12-24(32)25(14-21)38-29(41)26-15-27(31(33,34)35)39-40(26)22-4-2-3-19(13-22)17-37-30(42)43/h2-4,7-15,18,28,36-37H,5-6,16-17H2,1H3,(H,38,41)(H,42,43). The maximum absolute atomic E-state index is 15.0. The Hall–Kier alpha value is -4.91. The van der Waals surface area contributed by atoms with Crippen LogP contribution in [0.25, 0.3) is 5.69 Å². The van der Waals surface area contributed by atoms with Crippen LogP contribution >= 0.6 is 0 Å². The number of hydrogen-bond donors (Lipinski definition) is 4. The van der Waals surface area contributed by atoms with Crippen LogP contribution in [0, 0.1) is 11.7 Å². The lowest BCUT2D eigenvalue weighted by Crippen LogP contribution is -2.25. The van der Waals surface area contributed by atoms with Crippen LogP contribution in [0.3, 0.4) is 0 Å². The molecule has 1 unspecified atom stereocenters. The van der Waals surface area contributed by atoms with Crippen LogP contribution < -0.4 is 20.7 Å². The van der Waals surface area contributed by atoms with E-state index in [1.54, 1.807) is 31.4 Å². The number of methoxy groups -OCH3 is 1. The molecule has 0 aliphatic heterocycles. The molecule has 230 valence electrons. The van der Waals surface area contributed by atoms with Gasteiger partial charge in [-0.25, -0.2) is 13.9 Å². The average Bonchev–Trinajstić information content (AvgIpc) is 3.71. The minimum absolute atomic E-state index is 0.0772. The molecule has 1 heterocycles. The maximum atomic E-state index is 15.0. The van der Waals surface area contributed by atoms with E-state index in [9.17, 15) is 22.8 Å². The van der Waals surface area contributed by atoms with Crippen molar-refractivity contribution in [2.24, 2.45) is 5.92 Å². The number of hydrogen-bond acceptors (Lipinski definition) is 5. The Bertz CT molecular complexity index is 1650. The van der Waals surface area contributed by atoms with Gasteiger partial charge in [0.15, 0.2) is 5.69 Å².